The van der Waals surface area contributed by atoms with E-state index < -0.39 is 13.9 Å². The number of nitrogens with zero attached hydrogens (tertiary/aromatic N) is 1. The summed E-state index contributed by atoms with van der Waals surface area (Å²) in [5.74, 6) is -0.361. The second-order valence-electron chi connectivity index (χ2n) is 7.79. The third-order valence-electron chi connectivity index (χ3n) is 4.43. The Labute approximate surface area is 183 Å². The van der Waals surface area contributed by atoms with Gasteiger partial charge in [0, 0.05) is 19.6 Å². The number of hydrogen-bond donors (Lipinski definition) is 0. The molecule has 0 aliphatic heterocycles. The highest BCUT2D eigenvalue weighted by atomic mass is 31.2. The lowest BCUT2D eigenvalue weighted by atomic mass is 10.1. The number of phosphoric acid groups is 1. The first-order valence-corrected chi connectivity index (χ1v) is 12.8. The summed E-state index contributed by atoms with van der Waals surface area (Å²) in [5, 5.41) is 0. The van der Waals surface area contributed by atoms with E-state index in [4.69, 9.17) is 18.5 Å². The van der Waals surface area contributed by atoms with Crippen molar-refractivity contribution < 1.29 is 32.8 Å². The smallest absolute Gasteiger partial charge is 0.306 e. The zero-order valence-corrected chi connectivity index (χ0v) is 20.3. The SMILES string of the molecule is CCCCCCCOCC(COP(=O)([O-])OCCN(C)C)OC(=O)CCCCCC. The van der Waals surface area contributed by atoms with E-state index in [0.29, 0.717) is 19.6 Å². The predicted octanol–water partition coefficient (Wildman–Crippen LogP) is 3.92. The second-order valence-corrected chi connectivity index (χ2v) is 9.20. The molecule has 0 amide bonds. The Morgan fingerprint density at radius 2 is 1.53 bits per heavy atom. The van der Waals surface area contributed by atoms with Crippen molar-refractivity contribution in [3.05, 3.63) is 0 Å². The van der Waals surface area contributed by atoms with E-state index >= 15 is 0 Å². The molecule has 2 unspecified atom stereocenters. The molecule has 8 nitrogen and oxygen atoms in total. The molecule has 0 heterocycles. The first-order valence-electron chi connectivity index (χ1n) is 11.3. The van der Waals surface area contributed by atoms with Crippen LogP contribution in [0.4, 0.5) is 0 Å². The maximum Gasteiger partial charge on any atom is 0.306 e. The van der Waals surface area contributed by atoms with Gasteiger partial charge in [-0.3, -0.25) is 9.36 Å². The highest BCUT2D eigenvalue weighted by Gasteiger charge is 2.19. The first kappa shape index (κ1) is 29.5. The van der Waals surface area contributed by atoms with Crippen molar-refractivity contribution in [3.63, 3.8) is 0 Å². The molecule has 0 bridgehead atoms. The van der Waals surface area contributed by atoms with Gasteiger partial charge in [-0.05, 0) is 26.9 Å². The molecular weight excluding hydrogens is 409 g/mol. The Morgan fingerprint density at radius 3 is 2.17 bits per heavy atom. The number of ether oxygens (including phenoxy) is 2. The number of carbonyl (C=O) groups is 1. The molecule has 0 aromatic heterocycles. The minimum absolute atomic E-state index is 0.00389. The van der Waals surface area contributed by atoms with Gasteiger partial charge < -0.3 is 28.3 Å². The van der Waals surface area contributed by atoms with E-state index in [9.17, 15) is 14.3 Å². The van der Waals surface area contributed by atoms with E-state index in [-0.39, 0.29) is 25.8 Å². The lowest BCUT2D eigenvalue weighted by Crippen LogP contribution is -2.29. The maximum atomic E-state index is 12.1. The molecular formula is C21H43NO7P-. The summed E-state index contributed by atoms with van der Waals surface area (Å²) in [5.41, 5.74) is 0. The minimum atomic E-state index is -4.46. The molecule has 0 saturated carbocycles. The van der Waals surface area contributed by atoms with Crippen LogP contribution < -0.4 is 4.89 Å². The second kappa shape index (κ2) is 19.2. The molecule has 0 fully saturated rings. The van der Waals surface area contributed by atoms with E-state index in [1.807, 2.05) is 14.1 Å². The van der Waals surface area contributed by atoms with Gasteiger partial charge >= 0.3 is 5.97 Å². The minimum Gasteiger partial charge on any atom is -0.756 e. The predicted molar refractivity (Wildman–Crippen MR) is 116 cm³/mol. The van der Waals surface area contributed by atoms with Gasteiger partial charge in [-0.25, -0.2) is 0 Å². The molecule has 2 atom stereocenters. The summed E-state index contributed by atoms with van der Waals surface area (Å²) in [6, 6.07) is 0. The van der Waals surface area contributed by atoms with Crippen LogP contribution >= 0.6 is 7.82 Å². The average Bonchev–Trinajstić information content (AvgIpc) is 2.68. The Hall–Kier alpha value is -0.500. The fourth-order valence-electron chi connectivity index (χ4n) is 2.63. The first-order chi connectivity index (χ1) is 14.3. The molecule has 9 heteroatoms. The molecule has 30 heavy (non-hydrogen) atoms. The maximum absolute atomic E-state index is 12.1. The summed E-state index contributed by atoms with van der Waals surface area (Å²) >= 11 is 0. The normalized spacial score (nSPS) is 14.6. The van der Waals surface area contributed by atoms with Crippen molar-refractivity contribution in [2.24, 2.45) is 0 Å². The standard InChI is InChI=1S/C21H44NO7P/c1-5-7-9-11-13-16-26-18-20(29-21(23)14-12-10-8-6-2)19-28-30(24,25)27-17-15-22(3)4/h20H,5-19H2,1-4H3,(H,24,25)/p-1. The number of likely N-dealkylation sites (N-methyl/N-ethyl adjacent to an activating group) is 1. The number of hydrogen-bond acceptors (Lipinski definition) is 8. The molecule has 180 valence electrons. The van der Waals surface area contributed by atoms with Gasteiger partial charge in [0.2, 0.25) is 0 Å². The van der Waals surface area contributed by atoms with Crippen molar-refractivity contribution in [1.29, 1.82) is 0 Å². The van der Waals surface area contributed by atoms with Gasteiger partial charge in [0.05, 0.1) is 19.8 Å². The van der Waals surface area contributed by atoms with Crippen molar-refractivity contribution in [1.82, 2.24) is 4.90 Å². The van der Waals surface area contributed by atoms with Crippen LogP contribution in [0, 0.1) is 0 Å². The zero-order valence-electron chi connectivity index (χ0n) is 19.4. The third kappa shape index (κ3) is 19.5. The lowest BCUT2D eigenvalue weighted by molar-refractivity contribution is -0.228. The fourth-order valence-corrected chi connectivity index (χ4v) is 3.36. The van der Waals surface area contributed by atoms with E-state index in [0.717, 1.165) is 38.5 Å². The summed E-state index contributed by atoms with van der Waals surface area (Å²) in [6.45, 7) is 5.06. The van der Waals surface area contributed by atoms with Crippen LogP contribution in [-0.4, -0.2) is 64.0 Å². The molecule has 0 radical (unpaired) electrons. The van der Waals surface area contributed by atoms with Gasteiger partial charge in [-0.2, -0.15) is 0 Å². The Kier molecular flexibility index (Phi) is 18.9. The van der Waals surface area contributed by atoms with Crippen LogP contribution in [0.3, 0.4) is 0 Å². The van der Waals surface area contributed by atoms with Crippen molar-refractivity contribution >= 4 is 13.8 Å². The van der Waals surface area contributed by atoms with E-state index in [1.54, 1.807) is 4.90 Å². The van der Waals surface area contributed by atoms with Crippen molar-refractivity contribution in [3.8, 4) is 0 Å². The van der Waals surface area contributed by atoms with Gasteiger partial charge in [0.15, 0.2) is 0 Å². The van der Waals surface area contributed by atoms with Gasteiger partial charge in [-0.1, -0.05) is 58.8 Å². The van der Waals surface area contributed by atoms with Crippen LogP contribution in [0.25, 0.3) is 0 Å². The molecule has 0 aromatic rings. The van der Waals surface area contributed by atoms with Gasteiger partial charge in [0.25, 0.3) is 7.82 Å². The summed E-state index contributed by atoms with van der Waals surface area (Å²) in [4.78, 5) is 25.8. The van der Waals surface area contributed by atoms with E-state index in [1.165, 1.54) is 19.3 Å². The molecule has 0 rings (SSSR count). The Morgan fingerprint density at radius 1 is 0.900 bits per heavy atom. The van der Waals surface area contributed by atoms with Gasteiger partial charge in [0.1, 0.15) is 6.10 Å². The fraction of sp³-hybridized carbons (Fsp3) is 0.952. The largest absolute Gasteiger partial charge is 0.756 e. The molecule has 0 saturated heterocycles. The zero-order chi connectivity index (χ0) is 22.7. The van der Waals surface area contributed by atoms with E-state index in [2.05, 4.69) is 13.8 Å². The third-order valence-corrected chi connectivity index (χ3v) is 5.40. The van der Waals surface area contributed by atoms with Gasteiger partial charge in [-0.15, -0.1) is 0 Å². The van der Waals surface area contributed by atoms with Crippen LogP contribution in [0.5, 0.6) is 0 Å². The monoisotopic (exact) mass is 452 g/mol. The molecule has 0 aliphatic carbocycles. The molecule has 0 aliphatic rings. The number of rotatable bonds is 21. The lowest BCUT2D eigenvalue weighted by Gasteiger charge is -2.26. The van der Waals surface area contributed by atoms with Crippen LogP contribution in [0.2, 0.25) is 0 Å². The number of unbranched alkanes of at least 4 members (excludes halogenated alkanes) is 7. The quantitative estimate of drug-likeness (QED) is 0.147. The van der Waals surface area contributed by atoms with Crippen LogP contribution in [0.15, 0.2) is 0 Å². The molecule has 0 aromatic carbocycles. The number of esters is 1. The highest BCUT2D eigenvalue weighted by Crippen LogP contribution is 2.38. The van der Waals surface area contributed by atoms with Crippen LogP contribution in [-0.2, 0) is 27.9 Å². The Balaban J connectivity index is 4.40. The summed E-state index contributed by atoms with van der Waals surface area (Å²) < 4.78 is 32.7. The van der Waals surface area contributed by atoms with Crippen LogP contribution in [0.1, 0.15) is 78.1 Å². The number of carbonyl (C=O) groups excluding carboxylic acids is 1. The molecule has 0 spiro atoms. The summed E-state index contributed by atoms with van der Waals surface area (Å²) in [6.07, 6.45) is 8.98. The molecule has 0 N–H and O–H groups in total. The number of phosphoric ester groups is 1. The summed E-state index contributed by atoms with van der Waals surface area (Å²) in [7, 11) is -0.827. The average molecular weight is 453 g/mol. The highest BCUT2D eigenvalue weighted by molar-refractivity contribution is 7.45. The Bertz CT molecular complexity index is 463. The van der Waals surface area contributed by atoms with Crippen molar-refractivity contribution in [2.45, 2.75) is 84.2 Å². The topological polar surface area (TPSA) is 97.4 Å². The van der Waals surface area contributed by atoms with Crippen molar-refractivity contribution in [2.75, 3.05) is 47.1 Å².